The molecule has 0 amide bonds. The van der Waals surface area contributed by atoms with E-state index in [0.717, 1.165) is 44.0 Å². The largest absolute Gasteiger partial charge is 0.381 e. The maximum Gasteiger partial charge on any atom is 0.234 e. The van der Waals surface area contributed by atoms with E-state index in [2.05, 4.69) is 10.1 Å². The van der Waals surface area contributed by atoms with Gasteiger partial charge < -0.3 is 15.0 Å². The molecule has 0 spiro atoms. The van der Waals surface area contributed by atoms with Gasteiger partial charge in [-0.3, -0.25) is 0 Å². The van der Waals surface area contributed by atoms with E-state index in [1.54, 1.807) is 0 Å². The first kappa shape index (κ1) is 13.1. The molecule has 1 unspecified atom stereocenters. The molecule has 5 heteroatoms. The SMILES string of the molecule is NCC1(c2nc(C3CCCOC3)no2)CCCCC1. The van der Waals surface area contributed by atoms with Gasteiger partial charge in [0.05, 0.1) is 12.0 Å². The molecule has 0 bridgehead atoms. The van der Waals surface area contributed by atoms with Crippen LogP contribution in [0.5, 0.6) is 0 Å². The van der Waals surface area contributed by atoms with Crippen LogP contribution < -0.4 is 5.73 Å². The summed E-state index contributed by atoms with van der Waals surface area (Å²) in [6, 6.07) is 0. The second kappa shape index (κ2) is 5.59. The van der Waals surface area contributed by atoms with Crippen LogP contribution in [0.25, 0.3) is 0 Å². The van der Waals surface area contributed by atoms with Gasteiger partial charge in [0.1, 0.15) is 0 Å². The highest BCUT2D eigenvalue weighted by Crippen LogP contribution is 2.38. The highest BCUT2D eigenvalue weighted by atomic mass is 16.5. The fourth-order valence-corrected chi connectivity index (χ4v) is 3.29. The van der Waals surface area contributed by atoms with Gasteiger partial charge in [-0.1, -0.05) is 24.4 Å². The van der Waals surface area contributed by atoms with E-state index in [0.29, 0.717) is 19.1 Å². The molecule has 2 heterocycles. The summed E-state index contributed by atoms with van der Waals surface area (Å²) in [5.41, 5.74) is 5.94. The Labute approximate surface area is 113 Å². The van der Waals surface area contributed by atoms with Crippen LogP contribution in [-0.2, 0) is 10.2 Å². The Morgan fingerprint density at radius 1 is 1.21 bits per heavy atom. The topological polar surface area (TPSA) is 74.2 Å². The summed E-state index contributed by atoms with van der Waals surface area (Å²) in [4.78, 5) is 4.66. The number of nitrogens with two attached hydrogens (primary N) is 1. The van der Waals surface area contributed by atoms with E-state index in [-0.39, 0.29) is 5.41 Å². The predicted octanol–water partition coefficient (Wildman–Crippen LogP) is 2.12. The van der Waals surface area contributed by atoms with Crippen LogP contribution in [0.4, 0.5) is 0 Å². The first-order valence-corrected chi connectivity index (χ1v) is 7.46. The first-order chi connectivity index (χ1) is 9.34. The molecule has 0 aromatic carbocycles. The summed E-state index contributed by atoms with van der Waals surface area (Å²) in [7, 11) is 0. The zero-order valence-corrected chi connectivity index (χ0v) is 11.4. The average molecular weight is 265 g/mol. The van der Waals surface area contributed by atoms with Crippen molar-refractivity contribution >= 4 is 0 Å². The van der Waals surface area contributed by atoms with Gasteiger partial charge in [-0.25, -0.2) is 0 Å². The van der Waals surface area contributed by atoms with E-state index in [4.69, 9.17) is 15.0 Å². The summed E-state index contributed by atoms with van der Waals surface area (Å²) in [5, 5.41) is 4.19. The third kappa shape index (κ3) is 2.54. The highest BCUT2D eigenvalue weighted by Gasteiger charge is 2.38. The van der Waals surface area contributed by atoms with Gasteiger partial charge in [-0.2, -0.15) is 4.98 Å². The van der Waals surface area contributed by atoms with E-state index >= 15 is 0 Å². The normalized spacial score (nSPS) is 27.3. The number of nitrogens with zero attached hydrogens (tertiary/aromatic N) is 2. The Kier molecular flexibility index (Phi) is 3.84. The lowest BCUT2D eigenvalue weighted by Crippen LogP contribution is -2.37. The smallest absolute Gasteiger partial charge is 0.234 e. The quantitative estimate of drug-likeness (QED) is 0.906. The van der Waals surface area contributed by atoms with Crippen molar-refractivity contribution in [2.24, 2.45) is 5.73 Å². The van der Waals surface area contributed by atoms with Gasteiger partial charge in [0.15, 0.2) is 5.82 Å². The van der Waals surface area contributed by atoms with Crippen molar-refractivity contribution in [3.63, 3.8) is 0 Å². The highest BCUT2D eigenvalue weighted by molar-refractivity contribution is 5.09. The maximum absolute atomic E-state index is 6.01. The average Bonchev–Trinajstić information content (AvgIpc) is 2.99. The van der Waals surface area contributed by atoms with Crippen molar-refractivity contribution in [1.82, 2.24) is 10.1 Å². The lowest BCUT2D eigenvalue weighted by atomic mass is 9.74. The molecule has 0 radical (unpaired) electrons. The van der Waals surface area contributed by atoms with Crippen LogP contribution in [0, 0.1) is 0 Å². The fraction of sp³-hybridized carbons (Fsp3) is 0.857. The Morgan fingerprint density at radius 2 is 2.05 bits per heavy atom. The Balaban J connectivity index is 1.79. The number of aromatic nitrogens is 2. The molecule has 19 heavy (non-hydrogen) atoms. The van der Waals surface area contributed by atoms with E-state index in [1.165, 1.54) is 19.3 Å². The minimum absolute atomic E-state index is 0.0704. The third-order valence-electron chi connectivity index (χ3n) is 4.62. The molecular formula is C14H23N3O2. The zero-order chi connectivity index (χ0) is 13.1. The second-order valence-corrected chi connectivity index (χ2v) is 5.92. The van der Waals surface area contributed by atoms with E-state index in [1.807, 2.05) is 0 Å². The summed E-state index contributed by atoms with van der Waals surface area (Å²) in [6.07, 6.45) is 8.03. The van der Waals surface area contributed by atoms with Crippen molar-refractivity contribution < 1.29 is 9.26 Å². The van der Waals surface area contributed by atoms with E-state index in [9.17, 15) is 0 Å². The van der Waals surface area contributed by atoms with Crippen molar-refractivity contribution in [2.75, 3.05) is 19.8 Å². The van der Waals surface area contributed by atoms with Crippen molar-refractivity contribution in [2.45, 2.75) is 56.3 Å². The third-order valence-corrected chi connectivity index (χ3v) is 4.62. The number of rotatable bonds is 3. The molecule has 1 atom stereocenters. The molecule has 3 rings (SSSR count). The molecule has 2 fully saturated rings. The van der Waals surface area contributed by atoms with Gasteiger partial charge in [0, 0.05) is 19.1 Å². The molecule has 1 aromatic rings. The summed E-state index contributed by atoms with van der Waals surface area (Å²) >= 11 is 0. The molecule has 2 aliphatic rings. The van der Waals surface area contributed by atoms with Crippen molar-refractivity contribution in [3.05, 3.63) is 11.7 Å². The molecule has 1 aliphatic carbocycles. The standard InChI is InChI=1S/C14H23N3O2/c15-10-14(6-2-1-3-7-14)13-16-12(17-19-13)11-5-4-8-18-9-11/h11H,1-10,15H2. The number of hydrogen-bond acceptors (Lipinski definition) is 5. The molecule has 1 aliphatic heterocycles. The fourth-order valence-electron chi connectivity index (χ4n) is 3.29. The maximum atomic E-state index is 6.01. The monoisotopic (exact) mass is 265 g/mol. The number of hydrogen-bond donors (Lipinski definition) is 1. The Bertz CT molecular complexity index is 407. The summed E-state index contributed by atoms with van der Waals surface area (Å²) < 4.78 is 11.1. The Morgan fingerprint density at radius 3 is 2.74 bits per heavy atom. The lowest BCUT2D eigenvalue weighted by Gasteiger charge is -2.32. The summed E-state index contributed by atoms with van der Waals surface area (Å²) in [5.74, 6) is 1.87. The molecule has 106 valence electrons. The van der Waals surface area contributed by atoms with Gasteiger partial charge >= 0.3 is 0 Å². The first-order valence-electron chi connectivity index (χ1n) is 7.46. The zero-order valence-electron chi connectivity index (χ0n) is 11.4. The van der Waals surface area contributed by atoms with Crippen LogP contribution in [-0.4, -0.2) is 29.9 Å². The van der Waals surface area contributed by atoms with Gasteiger partial charge in [-0.15, -0.1) is 0 Å². The van der Waals surface area contributed by atoms with Gasteiger partial charge in [0.25, 0.3) is 0 Å². The summed E-state index contributed by atoms with van der Waals surface area (Å²) in [6.45, 7) is 2.18. The molecule has 1 saturated carbocycles. The molecule has 1 saturated heterocycles. The predicted molar refractivity (Wildman–Crippen MR) is 70.9 cm³/mol. The van der Waals surface area contributed by atoms with Gasteiger partial charge in [-0.05, 0) is 25.7 Å². The molecule has 5 nitrogen and oxygen atoms in total. The lowest BCUT2D eigenvalue weighted by molar-refractivity contribution is 0.0773. The molecule has 2 N–H and O–H groups in total. The second-order valence-electron chi connectivity index (χ2n) is 5.92. The minimum Gasteiger partial charge on any atom is -0.381 e. The van der Waals surface area contributed by atoms with Crippen molar-refractivity contribution in [1.29, 1.82) is 0 Å². The van der Waals surface area contributed by atoms with Crippen LogP contribution in [0.1, 0.15) is 62.6 Å². The van der Waals surface area contributed by atoms with Crippen LogP contribution in [0.15, 0.2) is 4.52 Å². The molecular weight excluding hydrogens is 242 g/mol. The van der Waals surface area contributed by atoms with Crippen LogP contribution >= 0.6 is 0 Å². The Hall–Kier alpha value is -0.940. The van der Waals surface area contributed by atoms with Crippen molar-refractivity contribution in [3.8, 4) is 0 Å². The molecule has 1 aromatic heterocycles. The van der Waals surface area contributed by atoms with Crippen LogP contribution in [0.2, 0.25) is 0 Å². The van der Waals surface area contributed by atoms with Gasteiger partial charge in [0.2, 0.25) is 5.89 Å². The number of ether oxygens (including phenoxy) is 1. The minimum atomic E-state index is -0.0704. The van der Waals surface area contributed by atoms with E-state index < -0.39 is 0 Å². The van der Waals surface area contributed by atoms with Crippen LogP contribution in [0.3, 0.4) is 0 Å².